The molecule has 0 unspecified atom stereocenters. The van der Waals surface area contributed by atoms with Gasteiger partial charge in [-0.25, -0.2) is 0 Å². The molecule has 1 aromatic heterocycles. The van der Waals surface area contributed by atoms with Crippen molar-refractivity contribution in [3.63, 3.8) is 0 Å². The van der Waals surface area contributed by atoms with Crippen LogP contribution in [0.15, 0.2) is 30.3 Å². The lowest BCUT2D eigenvalue weighted by molar-refractivity contribution is -0.136. The zero-order chi connectivity index (χ0) is 14.1. The molecule has 1 saturated heterocycles. The van der Waals surface area contributed by atoms with Gasteiger partial charge in [0.15, 0.2) is 5.82 Å². The number of amides is 2. The second-order valence-electron chi connectivity index (χ2n) is 4.48. The first-order valence-electron chi connectivity index (χ1n) is 6.11. The molecule has 6 nitrogen and oxygen atoms in total. The SMILES string of the molecule is CN1C(=O)C[C@H](Nc2nc(-c3ccccc3)ns2)C1=O. The minimum atomic E-state index is -0.538. The molecule has 102 valence electrons. The van der Waals surface area contributed by atoms with Crippen LogP contribution in [0.4, 0.5) is 5.13 Å². The number of nitrogens with zero attached hydrogens (tertiary/aromatic N) is 3. The second-order valence-corrected chi connectivity index (χ2v) is 5.23. The van der Waals surface area contributed by atoms with Crippen LogP contribution in [0.3, 0.4) is 0 Å². The van der Waals surface area contributed by atoms with Crippen molar-refractivity contribution >= 4 is 28.5 Å². The number of likely N-dealkylation sites (tertiary alicyclic amines) is 1. The molecule has 1 aliphatic heterocycles. The van der Waals surface area contributed by atoms with Crippen LogP contribution in [-0.4, -0.2) is 39.2 Å². The standard InChI is InChI=1S/C13H12N4O2S/c1-17-10(18)7-9(12(17)19)14-13-15-11(16-20-13)8-5-3-2-4-6-8/h2-6,9H,7H2,1H3,(H,14,15,16)/t9-/m0/s1. The summed E-state index contributed by atoms with van der Waals surface area (Å²) in [5.74, 6) is 0.204. The van der Waals surface area contributed by atoms with E-state index in [4.69, 9.17) is 0 Å². The molecule has 0 radical (unpaired) electrons. The highest BCUT2D eigenvalue weighted by atomic mass is 32.1. The van der Waals surface area contributed by atoms with Gasteiger partial charge in [0.1, 0.15) is 6.04 Å². The van der Waals surface area contributed by atoms with E-state index in [-0.39, 0.29) is 18.2 Å². The number of benzene rings is 1. The first-order chi connectivity index (χ1) is 9.65. The molecule has 7 heteroatoms. The van der Waals surface area contributed by atoms with E-state index in [0.717, 1.165) is 10.5 Å². The van der Waals surface area contributed by atoms with Crippen molar-refractivity contribution in [3.05, 3.63) is 30.3 Å². The van der Waals surface area contributed by atoms with Crippen molar-refractivity contribution in [2.75, 3.05) is 12.4 Å². The van der Waals surface area contributed by atoms with E-state index in [2.05, 4.69) is 14.7 Å². The Morgan fingerprint density at radius 2 is 2.05 bits per heavy atom. The summed E-state index contributed by atoms with van der Waals surface area (Å²) in [6.45, 7) is 0. The molecule has 2 amide bonds. The number of aromatic nitrogens is 2. The average molecular weight is 288 g/mol. The lowest BCUT2D eigenvalue weighted by Gasteiger charge is -2.08. The van der Waals surface area contributed by atoms with E-state index in [0.29, 0.717) is 11.0 Å². The van der Waals surface area contributed by atoms with Gasteiger partial charge in [-0.05, 0) is 0 Å². The number of carbonyl (C=O) groups is 2. The molecule has 1 fully saturated rings. The Morgan fingerprint density at radius 3 is 2.70 bits per heavy atom. The molecule has 0 saturated carbocycles. The zero-order valence-corrected chi connectivity index (χ0v) is 11.6. The molecule has 20 heavy (non-hydrogen) atoms. The van der Waals surface area contributed by atoms with Crippen molar-refractivity contribution in [3.8, 4) is 11.4 Å². The Kier molecular flexibility index (Phi) is 3.19. The van der Waals surface area contributed by atoms with Gasteiger partial charge in [0.2, 0.25) is 11.0 Å². The summed E-state index contributed by atoms with van der Waals surface area (Å²) >= 11 is 1.18. The lowest BCUT2D eigenvalue weighted by Crippen LogP contribution is -2.31. The summed E-state index contributed by atoms with van der Waals surface area (Å²) in [5, 5.41) is 3.52. The van der Waals surface area contributed by atoms with Crippen LogP contribution in [0, 0.1) is 0 Å². The topological polar surface area (TPSA) is 75.2 Å². The Labute approximate surface area is 119 Å². The van der Waals surface area contributed by atoms with Crippen molar-refractivity contribution in [1.29, 1.82) is 0 Å². The van der Waals surface area contributed by atoms with Crippen LogP contribution in [0.1, 0.15) is 6.42 Å². The maximum atomic E-state index is 11.8. The molecule has 3 rings (SSSR count). The van der Waals surface area contributed by atoms with Crippen LogP contribution >= 0.6 is 11.5 Å². The fourth-order valence-corrected chi connectivity index (χ4v) is 2.65. The molecular formula is C13H12N4O2S. The summed E-state index contributed by atoms with van der Waals surface area (Å²) in [4.78, 5) is 28.7. The van der Waals surface area contributed by atoms with Crippen molar-refractivity contribution < 1.29 is 9.59 Å². The third-order valence-electron chi connectivity index (χ3n) is 3.14. The highest BCUT2D eigenvalue weighted by molar-refractivity contribution is 7.09. The van der Waals surface area contributed by atoms with Crippen LogP contribution in [0.2, 0.25) is 0 Å². The normalized spacial score (nSPS) is 18.6. The zero-order valence-electron chi connectivity index (χ0n) is 10.7. The minimum absolute atomic E-state index is 0.162. The van der Waals surface area contributed by atoms with Gasteiger partial charge in [-0.1, -0.05) is 30.3 Å². The van der Waals surface area contributed by atoms with Crippen LogP contribution in [-0.2, 0) is 9.59 Å². The van der Waals surface area contributed by atoms with Gasteiger partial charge < -0.3 is 5.32 Å². The smallest absolute Gasteiger partial charge is 0.251 e. The summed E-state index contributed by atoms with van der Waals surface area (Å²) in [6.07, 6.45) is 0.162. The minimum Gasteiger partial charge on any atom is -0.348 e. The summed E-state index contributed by atoms with van der Waals surface area (Å²) in [5.41, 5.74) is 0.919. The van der Waals surface area contributed by atoms with Gasteiger partial charge in [0.05, 0.1) is 6.42 Å². The van der Waals surface area contributed by atoms with E-state index in [9.17, 15) is 9.59 Å². The number of anilines is 1. The lowest BCUT2D eigenvalue weighted by atomic mass is 10.2. The van der Waals surface area contributed by atoms with Crippen LogP contribution in [0.25, 0.3) is 11.4 Å². The number of imide groups is 1. The number of nitrogens with one attached hydrogen (secondary N) is 1. The first-order valence-corrected chi connectivity index (χ1v) is 6.88. The first kappa shape index (κ1) is 12.7. The summed E-state index contributed by atoms with van der Waals surface area (Å²) in [7, 11) is 1.49. The molecule has 1 aromatic carbocycles. The fourth-order valence-electron chi connectivity index (χ4n) is 2.00. The van der Waals surface area contributed by atoms with E-state index in [1.165, 1.54) is 18.6 Å². The van der Waals surface area contributed by atoms with E-state index < -0.39 is 6.04 Å². The van der Waals surface area contributed by atoms with E-state index in [1.807, 2.05) is 30.3 Å². The van der Waals surface area contributed by atoms with Gasteiger partial charge >= 0.3 is 0 Å². The molecule has 1 aliphatic rings. The van der Waals surface area contributed by atoms with E-state index in [1.54, 1.807) is 0 Å². The average Bonchev–Trinajstić information content (AvgIpc) is 3.02. The van der Waals surface area contributed by atoms with Gasteiger partial charge in [-0.3, -0.25) is 14.5 Å². The summed E-state index contributed by atoms with van der Waals surface area (Å²) < 4.78 is 4.25. The number of rotatable bonds is 3. The molecule has 0 bridgehead atoms. The Balaban J connectivity index is 1.76. The third kappa shape index (κ3) is 2.27. The molecule has 1 atom stereocenters. The third-order valence-corrected chi connectivity index (χ3v) is 3.78. The number of hydrogen-bond donors (Lipinski definition) is 1. The number of hydrogen-bond acceptors (Lipinski definition) is 6. The Hall–Kier alpha value is -2.28. The molecule has 2 aromatic rings. The maximum absolute atomic E-state index is 11.8. The largest absolute Gasteiger partial charge is 0.348 e. The highest BCUT2D eigenvalue weighted by Gasteiger charge is 2.36. The van der Waals surface area contributed by atoms with Gasteiger partial charge in [0.25, 0.3) is 5.91 Å². The second kappa shape index (κ2) is 5.01. The van der Waals surface area contributed by atoms with Gasteiger partial charge in [0, 0.05) is 24.1 Å². The fraction of sp³-hybridized carbons (Fsp3) is 0.231. The van der Waals surface area contributed by atoms with E-state index >= 15 is 0 Å². The van der Waals surface area contributed by atoms with Crippen LogP contribution in [0.5, 0.6) is 0 Å². The molecule has 2 heterocycles. The molecule has 0 aliphatic carbocycles. The quantitative estimate of drug-likeness (QED) is 0.863. The Morgan fingerprint density at radius 1 is 1.30 bits per heavy atom. The van der Waals surface area contributed by atoms with Gasteiger partial charge in [-0.2, -0.15) is 9.36 Å². The van der Waals surface area contributed by atoms with Crippen LogP contribution < -0.4 is 5.32 Å². The predicted octanol–water partition coefficient (Wildman–Crippen LogP) is 1.37. The van der Waals surface area contributed by atoms with Crippen molar-refractivity contribution in [2.45, 2.75) is 12.5 Å². The van der Waals surface area contributed by atoms with Gasteiger partial charge in [-0.15, -0.1) is 0 Å². The molecule has 1 N–H and O–H groups in total. The predicted molar refractivity (Wildman–Crippen MR) is 75.1 cm³/mol. The number of carbonyl (C=O) groups excluding carboxylic acids is 2. The van der Waals surface area contributed by atoms with Crippen molar-refractivity contribution in [1.82, 2.24) is 14.3 Å². The van der Waals surface area contributed by atoms with Crippen molar-refractivity contribution in [2.24, 2.45) is 0 Å². The molecular weight excluding hydrogens is 276 g/mol. The molecule has 0 spiro atoms. The highest BCUT2D eigenvalue weighted by Crippen LogP contribution is 2.23. The monoisotopic (exact) mass is 288 g/mol. The Bertz CT molecular complexity index is 655. The maximum Gasteiger partial charge on any atom is 0.251 e. The number of likely N-dealkylation sites (N-methyl/N-ethyl adjacent to an activating group) is 1. The summed E-state index contributed by atoms with van der Waals surface area (Å²) in [6, 6.07) is 9.06.